The summed E-state index contributed by atoms with van der Waals surface area (Å²) in [5.74, 6) is -0.786. The molecule has 1 aromatic heterocycles. The number of benzene rings is 1. The summed E-state index contributed by atoms with van der Waals surface area (Å²) in [6, 6.07) is 4.44. The number of aryl methyl sites for hydroxylation is 1. The largest absolute Gasteiger partial charge is 0.500 e. The average Bonchev–Trinajstić information content (AvgIpc) is 3.11. The summed E-state index contributed by atoms with van der Waals surface area (Å²) >= 11 is 0. The Morgan fingerprint density at radius 3 is 2.74 bits per heavy atom. The van der Waals surface area contributed by atoms with Gasteiger partial charge in [-0.15, -0.1) is 0 Å². The predicted molar refractivity (Wildman–Crippen MR) is 144 cm³/mol. The van der Waals surface area contributed by atoms with Gasteiger partial charge in [0.05, 0.1) is 42.7 Å². The van der Waals surface area contributed by atoms with Crippen molar-refractivity contribution in [2.75, 3.05) is 32.8 Å². The van der Waals surface area contributed by atoms with Crippen molar-refractivity contribution in [1.29, 1.82) is 0 Å². The standard InChI is InChI=1S/C27H37N5O7/c1-27(2,3)23(29-25(35)36)21-16-31(11-14-39-21)10-13-38-12-9-17-5-6-18-20(15-17)30(4)26(37)32(18)19-7-8-22(33)28-24(19)34/h5-6,9,12,15,19,21,23,29H,7-8,10-11,13-14,16H2,1-4H3,(H,35,36)(H,28,33,34)/b12-9+/t19?,21-,23?/m0/s1. The van der Waals surface area contributed by atoms with Crippen molar-refractivity contribution in [3.8, 4) is 0 Å². The number of imidazole rings is 1. The fourth-order valence-corrected chi connectivity index (χ4v) is 5.23. The number of fused-ring (bicyclic) bond motifs is 1. The number of hydrogen-bond acceptors (Lipinski definition) is 7. The van der Waals surface area contributed by atoms with E-state index in [0.29, 0.717) is 37.3 Å². The van der Waals surface area contributed by atoms with E-state index >= 15 is 0 Å². The molecule has 3 amide bonds. The van der Waals surface area contributed by atoms with E-state index in [9.17, 15) is 24.3 Å². The Morgan fingerprint density at radius 2 is 2.05 bits per heavy atom. The molecule has 212 valence electrons. The van der Waals surface area contributed by atoms with Gasteiger partial charge in [-0.2, -0.15) is 0 Å². The number of carbonyl (C=O) groups is 3. The number of piperidine rings is 1. The molecule has 0 bridgehead atoms. The second-order valence-corrected chi connectivity index (χ2v) is 11.1. The monoisotopic (exact) mass is 543 g/mol. The van der Waals surface area contributed by atoms with Crippen LogP contribution in [0.2, 0.25) is 0 Å². The molecule has 2 fully saturated rings. The Bertz CT molecular complexity index is 1320. The van der Waals surface area contributed by atoms with Crippen molar-refractivity contribution in [1.82, 2.24) is 24.7 Å². The Hall–Kier alpha value is -3.64. The van der Waals surface area contributed by atoms with Crippen LogP contribution < -0.4 is 16.3 Å². The zero-order chi connectivity index (χ0) is 28.3. The van der Waals surface area contributed by atoms with Gasteiger partial charge in [-0.3, -0.25) is 28.9 Å². The van der Waals surface area contributed by atoms with Gasteiger partial charge in [-0.1, -0.05) is 26.8 Å². The number of imide groups is 1. The summed E-state index contributed by atoms with van der Waals surface area (Å²) in [4.78, 5) is 50.3. The average molecular weight is 544 g/mol. The Balaban J connectivity index is 1.35. The van der Waals surface area contributed by atoms with Crippen LogP contribution in [0.5, 0.6) is 0 Å². The molecule has 12 heteroatoms. The summed E-state index contributed by atoms with van der Waals surface area (Å²) in [6.45, 7) is 8.94. The van der Waals surface area contributed by atoms with Crippen molar-refractivity contribution in [3.05, 3.63) is 40.5 Å². The van der Waals surface area contributed by atoms with E-state index in [1.165, 1.54) is 9.13 Å². The van der Waals surface area contributed by atoms with Gasteiger partial charge in [0.15, 0.2) is 0 Å². The number of aromatic nitrogens is 2. The first-order valence-corrected chi connectivity index (χ1v) is 13.1. The van der Waals surface area contributed by atoms with Crippen LogP contribution in [0, 0.1) is 5.41 Å². The third-order valence-electron chi connectivity index (χ3n) is 7.28. The first-order valence-electron chi connectivity index (χ1n) is 13.1. The predicted octanol–water partition coefficient (Wildman–Crippen LogP) is 1.69. The number of nitrogens with one attached hydrogen (secondary N) is 2. The van der Waals surface area contributed by atoms with Crippen molar-refractivity contribution in [2.45, 2.75) is 51.8 Å². The molecule has 0 radical (unpaired) electrons. The van der Waals surface area contributed by atoms with Gasteiger partial charge in [-0.05, 0) is 35.6 Å². The molecule has 2 aromatic rings. The smallest absolute Gasteiger partial charge is 0.404 e. The molecular weight excluding hydrogens is 506 g/mol. The highest BCUT2D eigenvalue weighted by Crippen LogP contribution is 2.26. The van der Waals surface area contributed by atoms with Gasteiger partial charge in [-0.25, -0.2) is 9.59 Å². The highest BCUT2D eigenvalue weighted by Gasteiger charge is 2.37. The van der Waals surface area contributed by atoms with Crippen LogP contribution in [0.15, 0.2) is 29.3 Å². The van der Waals surface area contributed by atoms with Crippen LogP contribution >= 0.6 is 0 Å². The number of amides is 3. The Kier molecular flexibility index (Phi) is 8.45. The normalized spacial score (nSPS) is 21.7. The number of nitrogens with zero attached hydrogens (tertiary/aromatic N) is 3. The lowest BCUT2D eigenvalue weighted by molar-refractivity contribution is -0.135. The number of rotatable bonds is 8. The van der Waals surface area contributed by atoms with Crippen LogP contribution in [0.3, 0.4) is 0 Å². The third kappa shape index (κ3) is 6.51. The zero-order valence-electron chi connectivity index (χ0n) is 22.8. The maximum atomic E-state index is 12.9. The summed E-state index contributed by atoms with van der Waals surface area (Å²) in [6.07, 6.45) is 2.58. The Labute approximate surface area is 226 Å². The van der Waals surface area contributed by atoms with E-state index in [4.69, 9.17) is 9.47 Å². The molecule has 0 spiro atoms. The molecule has 3 N–H and O–H groups in total. The fraction of sp³-hybridized carbons (Fsp3) is 0.556. The first-order chi connectivity index (χ1) is 18.5. The summed E-state index contributed by atoms with van der Waals surface area (Å²) in [7, 11) is 1.66. The molecule has 3 atom stereocenters. The van der Waals surface area contributed by atoms with Gasteiger partial charge in [0.1, 0.15) is 6.04 Å². The van der Waals surface area contributed by atoms with E-state index in [0.717, 1.165) is 12.1 Å². The summed E-state index contributed by atoms with van der Waals surface area (Å²) in [5.41, 5.74) is 1.53. The molecule has 2 unspecified atom stereocenters. The van der Waals surface area contributed by atoms with Crippen LogP contribution in [-0.4, -0.2) is 82.0 Å². The topological polar surface area (TPSA) is 144 Å². The van der Waals surface area contributed by atoms with E-state index in [1.54, 1.807) is 19.4 Å². The van der Waals surface area contributed by atoms with Crippen LogP contribution in [0.25, 0.3) is 17.1 Å². The highest BCUT2D eigenvalue weighted by atomic mass is 16.5. The second kappa shape index (κ2) is 11.6. The van der Waals surface area contributed by atoms with Gasteiger partial charge in [0.2, 0.25) is 11.8 Å². The number of carbonyl (C=O) groups excluding carboxylic acids is 2. The van der Waals surface area contributed by atoms with Crippen LogP contribution in [-0.2, 0) is 26.1 Å². The minimum absolute atomic E-state index is 0.193. The molecule has 2 saturated heterocycles. The molecule has 2 aliphatic heterocycles. The molecule has 12 nitrogen and oxygen atoms in total. The SMILES string of the molecule is Cn1c(=O)n(C2CCC(=O)NC2=O)c2ccc(/C=C/OCCN3CCO[C@H](C(NC(=O)O)C(C)(C)C)C3)cc21. The Morgan fingerprint density at radius 1 is 1.28 bits per heavy atom. The van der Waals surface area contributed by atoms with Gasteiger partial charge >= 0.3 is 11.8 Å². The molecule has 0 aliphatic carbocycles. The third-order valence-corrected chi connectivity index (χ3v) is 7.28. The molecule has 0 saturated carbocycles. The van der Waals surface area contributed by atoms with Crippen molar-refractivity contribution in [2.24, 2.45) is 12.5 Å². The molecule has 1 aromatic carbocycles. The van der Waals surface area contributed by atoms with E-state index in [2.05, 4.69) is 15.5 Å². The molecular formula is C27H37N5O7. The number of carboxylic acid groups (broad SMARTS) is 1. The maximum absolute atomic E-state index is 12.9. The lowest BCUT2D eigenvalue weighted by Crippen LogP contribution is -2.58. The maximum Gasteiger partial charge on any atom is 0.404 e. The highest BCUT2D eigenvalue weighted by molar-refractivity contribution is 6.00. The van der Waals surface area contributed by atoms with Crippen molar-refractivity contribution >= 4 is 35.0 Å². The van der Waals surface area contributed by atoms with E-state index in [1.807, 2.05) is 39.0 Å². The quantitative estimate of drug-likeness (QED) is 0.259. The summed E-state index contributed by atoms with van der Waals surface area (Å²) < 4.78 is 14.6. The van der Waals surface area contributed by atoms with Crippen molar-refractivity contribution in [3.63, 3.8) is 0 Å². The second-order valence-electron chi connectivity index (χ2n) is 11.1. The van der Waals surface area contributed by atoms with Gasteiger partial charge < -0.3 is 19.9 Å². The summed E-state index contributed by atoms with van der Waals surface area (Å²) in [5, 5.41) is 14.2. The van der Waals surface area contributed by atoms with Crippen molar-refractivity contribution < 1.29 is 29.0 Å². The number of morpholine rings is 1. The first kappa shape index (κ1) is 28.4. The lowest BCUT2D eigenvalue weighted by Gasteiger charge is -2.41. The zero-order valence-corrected chi connectivity index (χ0v) is 22.8. The lowest BCUT2D eigenvalue weighted by atomic mass is 9.83. The van der Waals surface area contributed by atoms with Crippen LogP contribution in [0.1, 0.15) is 45.2 Å². The molecule has 3 heterocycles. The van der Waals surface area contributed by atoms with Crippen LogP contribution in [0.4, 0.5) is 4.79 Å². The van der Waals surface area contributed by atoms with E-state index in [-0.39, 0.29) is 42.0 Å². The van der Waals surface area contributed by atoms with Gasteiger partial charge in [0, 0.05) is 33.1 Å². The minimum Gasteiger partial charge on any atom is -0.500 e. The van der Waals surface area contributed by atoms with Gasteiger partial charge in [0.25, 0.3) is 0 Å². The molecule has 4 rings (SSSR count). The molecule has 2 aliphatic rings. The fourth-order valence-electron chi connectivity index (χ4n) is 5.23. The van der Waals surface area contributed by atoms with E-state index < -0.39 is 18.0 Å². The number of ether oxygens (including phenoxy) is 2. The number of hydrogen-bond donors (Lipinski definition) is 3. The molecule has 39 heavy (non-hydrogen) atoms. The minimum atomic E-state index is -1.06.